The van der Waals surface area contributed by atoms with Crippen molar-refractivity contribution in [2.75, 3.05) is 12.4 Å². The molecule has 0 aliphatic heterocycles. The third kappa shape index (κ3) is 4.40. The molecule has 3 rings (SSSR count). The lowest BCUT2D eigenvalue weighted by molar-refractivity contribution is -0.121. The molecule has 1 atom stereocenters. The van der Waals surface area contributed by atoms with Gasteiger partial charge in [-0.25, -0.2) is 5.43 Å². The van der Waals surface area contributed by atoms with E-state index >= 15 is 0 Å². The zero-order valence-electron chi connectivity index (χ0n) is 15.8. The number of phenolic OH excluding ortho intramolecular Hbond substituents is 1. The Labute approximate surface area is 163 Å². The van der Waals surface area contributed by atoms with Crippen LogP contribution in [0.1, 0.15) is 18.9 Å². The minimum Gasteiger partial charge on any atom is -0.507 e. The van der Waals surface area contributed by atoms with E-state index in [2.05, 4.69) is 15.8 Å². The number of carbonyl (C=O) groups excluding carboxylic acids is 1. The molecule has 0 spiro atoms. The van der Waals surface area contributed by atoms with Gasteiger partial charge in [-0.05, 0) is 36.1 Å². The van der Waals surface area contributed by atoms with E-state index in [1.807, 2.05) is 49.4 Å². The number of amides is 1. The van der Waals surface area contributed by atoms with Crippen molar-refractivity contribution in [3.8, 4) is 11.5 Å². The first-order valence-corrected chi connectivity index (χ1v) is 9.06. The maximum absolute atomic E-state index is 12.5. The van der Waals surface area contributed by atoms with E-state index in [0.29, 0.717) is 17.7 Å². The second-order valence-electron chi connectivity index (χ2n) is 6.29. The van der Waals surface area contributed by atoms with E-state index in [1.165, 1.54) is 12.3 Å². The molecular weight excluding hydrogens is 354 g/mol. The molecule has 3 aromatic carbocycles. The number of hydrogen-bond acceptors (Lipinski definition) is 5. The molecule has 6 heteroatoms. The fourth-order valence-electron chi connectivity index (χ4n) is 2.90. The van der Waals surface area contributed by atoms with Crippen molar-refractivity contribution in [2.24, 2.45) is 5.10 Å². The predicted octanol–water partition coefficient (Wildman–Crippen LogP) is 3.89. The summed E-state index contributed by atoms with van der Waals surface area (Å²) in [6.45, 7) is 1.93. The van der Waals surface area contributed by atoms with Crippen LogP contribution in [0.15, 0.2) is 65.8 Å². The van der Waals surface area contributed by atoms with Crippen molar-refractivity contribution < 1.29 is 14.6 Å². The Morgan fingerprint density at radius 2 is 1.96 bits per heavy atom. The average molecular weight is 377 g/mol. The molecule has 3 N–H and O–H groups in total. The number of hydrazone groups is 1. The number of fused-ring (bicyclic) bond motifs is 1. The number of hydrogen-bond donors (Lipinski definition) is 3. The Morgan fingerprint density at radius 3 is 2.75 bits per heavy atom. The van der Waals surface area contributed by atoms with Crippen LogP contribution in [0.25, 0.3) is 10.8 Å². The first-order chi connectivity index (χ1) is 13.6. The van der Waals surface area contributed by atoms with Gasteiger partial charge in [-0.15, -0.1) is 0 Å². The zero-order chi connectivity index (χ0) is 19.9. The van der Waals surface area contributed by atoms with Crippen molar-refractivity contribution in [1.82, 2.24) is 5.43 Å². The van der Waals surface area contributed by atoms with E-state index < -0.39 is 6.04 Å². The Hall–Kier alpha value is -3.54. The number of ether oxygens (including phenoxy) is 1. The van der Waals surface area contributed by atoms with Crippen molar-refractivity contribution in [2.45, 2.75) is 19.4 Å². The third-order valence-electron chi connectivity index (χ3n) is 4.46. The van der Waals surface area contributed by atoms with Crippen molar-refractivity contribution in [3.63, 3.8) is 0 Å². The molecule has 0 unspecified atom stereocenters. The first-order valence-electron chi connectivity index (χ1n) is 9.06. The second-order valence-corrected chi connectivity index (χ2v) is 6.29. The molecule has 0 heterocycles. The van der Waals surface area contributed by atoms with Crippen LogP contribution in [0, 0.1) is 0 Å². The van der Waals surface area contributed by atoms with E-state index in [0.717, 1.165) is 16.5 Å². The number of aromatic hydroxyl groups is 1. The summed E-state index contributed by atoms with van der Waals surface area (Å²) in [5.41, 5.74) is 3.88. The van der Waals surface area contributed by atoms with Crippen molar-refractivity contribution in [1.29, 1.82) is 0 Å². The average Bonchev–Trinajstić information content (AvgIpc) is 2.73. The smallest absolute Gasteiger partial charge is 0.262 e. The molecule has 3 aromatic rings. The van der Waals surface area contributed by atoms with Crippen LogP contribution in [0.2, 0.25) is 0 Å². The minimum absolute atomic E-state index is 0.0553. The summed E-state index contributed by atoms with van der Waals surface area (Å²) in [6, 6.07) is 18.3. The van der Waals surface area contributed by atoms with Gasteiger partial charge in [0, 0.05) is 16.6 Å². The standard InChI is InChI=1S/C22H23N3O3/c1-3-19(24-20-10-6-8-15-7-4-5-9-18(15)20)22(27)25-23-14-16-13-17(28-2)11-12-21(16)26/h4-14,19,24,26H,3H2,1-2H3,(H,25,27)/b23-14+/t19-/m0/s1. The van der Waals surface area contributed by atoms with E-state index in [4.69, 9.17) is 4.74 Å². The van der Waals surface area contributed by atoms with Gasteiger partial charge in [0.1, 0.15) is 17.5 Å². The van der Waals surface area contributed by atoms with Gasteiger partial charge >= 0.3 is 0 Å². The van der Waals surface area contributed by atoms with E-state index in [9.17, 15) is 9.90 Å². The summed E-state index contributed by atoms with van der Waals surface area (Å²) < 4.78 is 5.12. The number of benzene rings is 3. The number of rotatable bonds is 7. The molecule has 0 aromatic heterocycles. The van der Waals surface area contributed by atoms with E-state index in [-0.39, 0.29) is 11.7 Å². The molecule has 0 radical (unpaired) electrons. The monoisotopic (exact) mass is 377 g/mol. The van der Waals surface area contributed by atoms with Crippen LogP contribution in [0.4, 0.5) is 5.69 Å². The van der Waals surface area contributed by atoms with Crippen LogP contribution >= 0.6 is 0 Å². The number of carbonyl (C=O) groups is 1. The van der Waals surface area contributed by atoms with Gasteiger partial charge in [0.2, 0.25) is 0 Å². The molecule has 0 saturated heterocycles. The fraction of sp³-hybridized carbons (Fsp3) is 0.182. The van der Waals surface area contributed by atoms with Crippen LogP contribution in [-0.2, 0) is 4.79 Å². The molecule has 0 fully saturated rings. The Morgan fingerprint density at radius 1 is 1.18 bits per heavy atom. The maximum atomic E-state index is 12.5. The topological polar surface area (TPSA) is 83.0 Å². The molecule has 1 amide bonds. The quantitative estimate of drug-likeness (QED) is 0.431. The third-order valence-corrected chi connectivity index (χ3v) is 4.46. The van der Waals surface area contributed by atoms with Gasteiger partial charge in [0.15, 0.2) is 0 Å². The van der Waals surface area contributed by atoms with Crippen LogP contribution < -0.4 is 15.5 Å². The molecule has 0 aliphatic rings. The highest BCUT2D eigenvalue weighted by atomic mass is 16.5. The summed E-state index contributed by atoms with van der Waals surface area (Å²) in [7, 11) is 1.54. The second kappa shape index (κ2) is 8.90. The van der Waals surface area contributed by atoms with Gasteiger partial charge in [-0.2, -0.15) is 5.10 Å². The van der Waals surface area contributed by atoms with Gasteiger partial charge in [0.25, 0.3) is 5.91 Å². The normalized spacial score (nSPS) is 12.1. The number of nitrogens with one attached hydrogen (secondary N) is 2. The fourth-order valence-corrected chi connectivity index (χ4v) is 2.90. The van der Waals surface area contributed by atoms with Crippen LogP contribution in [0.3, 0.4) is 0 Å². The molecule has 0 saturated carbocycles. The van der Waals surface area contributed by atoms with Gasteiger partial charge < -0.3 is 15.2 Å². The predicted molar refractivity (Wildman–Crippen MR) is 112 cm³/mol. The molecule has 6 nitrogen and oxygen atoms in total. The zero-order valence-corrected chi connectivity index (χ0v) is 15.8. The van der Waals surface area contributed by atoms with Crippen LogP contribution in [0.5, 0.6) is 11.5 Å². The SMILES string of the molecule is CC[C@H](Nc1cccc2ccccc12)C(=O)N/N=C/c1cc(OC)ccc1O. The summed E-state index contributed by atoms with van der Waals surface area (Å²) in [5.74, 6) is 0.392. The Kier molecular flexibility index (Phi) is 6.11. The lowest BCUT2D eigenvalue weighted by Gasteiger charge is -2.18. The summed E-state index contributed by atoms with van der Waals surface area (Å²) >= 11 is 0. The molecule has 28 heavy (non-hydrogen) atoms. The van der Waals surface area contributed by atoms with Gasteiger partial charge in [-0.1, -0.05) is 43.3 Å². The summed E-state index contributed by atoms with van der Waals surface area (Å²) in [5, 5.41) is 19.3. The number of nitrogens with zero attached hydrogens (tertiary/aromatic N) is 1. The summed E-state index contributed by atoms with van der Waals surface area (Å²) in [4.78, 5) is 12.5. The molecular formula is C22H23N3O3. The number of phenols is 1. The lowest BCUT2D eigenvalue weighted by Crippen LogP contribution is -2.36. The van der Waals surface area contributed by atoms with Crippen molar-refractivity contribution >= 4 is 28.6 Å². The Bertz CT molecular complexity index is 996. The van der Waals surface area contributed by atoms with Crippen molar-refractivity contribution in [3.05, 3.63) is 66.2 Å². The molecule has 144 valence electrons. The van der Waals surface area contributed by atoms with Gasteiger partial charge in [-0.3, -0.25) is 4.79 Å². The molecule has 0 bridgehead atoms. The minimum atomic E-state index is -0.443. The van der Waals surface area contributed by atoms with Crippen LogP contribution in [-0.4, -0.2) is 30.4 Å². The number of methoxy groups -OCH3 is 1. The van der Waals surface area contributed by atoms with E-state index in [1.54, 1.807) is 19.2 Å². The number of anilines is 1. The van der Waals surface area contributed by atoms with Gasteiger partial charge in [0.05, 0.1) is 13.3 Å². The highest BCUT2D eigenvalue weighted by Crippen LogP contribution is 2.24. The molecule has 0 aliphatic carbocycles. The summed E-state index contributed by atoms with van der Waals surface area (Å²) in [6.07, 6.45) is 1.98. The largest absolute Gasteiger partial charge is 0.507 e. The highest BCUT2D eigenvalue weighted by Gasteiger charge is 2.16. The first kappa shape index (κ1) is 19.2. The highest BCUT2D eigenvalue weighted by molar-refractivity contribution is 5.96. The lowest BCUT2D eigenvalue weighted by atomic mass is 10.1. The maximum Gasteiger partial charge on any atom is 0.262 e. The Balaban J connectivity index is 1.70.